The molecule has 0 saturated heterocycles. The quantitative estimate of drug-likeness (QED) is 0.468. The molecule has 0 atom stereocenters. The average Bonchev–Trinajstić information content (AvgIpc) is 2.48. The maximum Gasteiger partial charge on any atom is 0.142 e. The summed E-state index contributed by atoms with van der Waals surface area (Å²) in [6.45, 7) is 2.26. The lowest BCUT2D eigenvalue weighted by Gasteiger charge is -1.98. The van der Waals surface area contributed by atoms with Crippen molar-refractivity contribution in [2.24, 2.45) is 5.16 Å². The Morgan fingerprint density at radius 2 is 1.80 bits per heavy atom. The zero-order valence-electron chi connectivity index (χ0n) is 11.1. The van der Waals surface area contributed by atoms with Gasteiger partial charge in [-0.1, -0.05) is 53.0 Å². The Balaban J connectivity index is 1.90. The third-order valence-electron chi connectivity index (χ3n) is 2.51. The van der Waals surface area contributed by atoms with Gasteiger partial charge in [0.25, 0.3) is 0 Å². The fraction of sp³-hybridized carbons (Fsp3) is 0.118. The lowest BCUT2D eigenvalue weighted by atomic mass is 10.2. The van der Waals surface area contributed by atoms with Gasteiger partial charge in [0, 0.05) is 10.6 Å². The molecule has 0 radical (unpaired) electrons. The Morgan fingerprint density at radius 1 is 1.10 bits per heavy atom. The molecule has 3 heteroatoms. The van der Waals surface area contributed by atoms with Crippen LogP contribution in [0.15, 0.2) is 59.8 Å². The first kappa shape index (κ1) is 14.2. The highest BCUT2D eigenvalue weighted by Gasteiger charge is 1.91. The molecule has 0 N–H and O–H groups in total. The van der Waals surface area contributed by atoms with Crippen molar-refractivity contribution in [1.82, 2.24) is 0 Å². The van der Waals surface area contributed by atoms with Gasteiger partial charge < -0.3 is 4.84 Å². The summed E-state index contributed by atoms with van der Waals surface area (Å²) in [5.74, 6) is 5.94. The van der Waals surface area contributed by atoms with Gasteiger partial charge in [-0.25, -0.2) is 0 Å². The van der Waals surface area contributed by atoms with E-state index < -0.39 is 0 Å². The number of oxime groups is 1. The van der Waals surface area contributed by atoms with Crippen LogP contribution in [0.3, 0.4) is 0 Å². The zero-order chi connectivity index (χ0) is 14.2. The fourth-order valence-electron chi connectivity index (χ4n) is 1.50. The minimum absolute atomic E-state index is 0.445. The van der Waals surface area contributed by atoms with E-state index >= 15 is 0 Å². The maximum atomic E-state index is 5.81. The van der Waals surface area contributed by atoms with Crippen LogP contribution in [0.5, 0.6) is 0 Å². The fourth-order valence-corrected chi connectivity index (χ4v) is 1.62. The van der Waals surface area contributed by atoms with E-state index in [0.29, 0.717) is 17.3 Å². The van der Waals surface area contributed by atoms with Gasteiger partial charge in [0.05, 0.1) is 0 Å². The third-order valence-corrected chi connectivity index (χ3v) is 2.76. The number of hydrogen-bond acceptors (Lipinski definition) is 2. The Labute approximate surface area is 124 Å². The highest BCUT2D eigenvalue weighted by atomic mass is 35.5. The van der Waals surface area contributed by atoms with Crippen molar-refractivity contribution in [2.75, 3.05) is 0 Å². The highest BCUT2D eigenvalue weighted by molar-refractivity contribution is 6.30. The smallest absolute Gasteiger partial charge is 0.142 e. The van der Waals surface area contributed by atoms with E-state index in [4.69, 9.17) is 16.4 Å². The molecule has 0 aromatic heterocycles. The van der Waals surface area contributed by atoms with Gasteiger partial charge in [0.2, 0.25) is 0 Å². The molecule has 0 heterocycles. The lowest BCUT2D eigenvalue weighted by Crippen LogP contribution is -1.91. The first-order valence-corrected chi connectivity index (χ1v) is 6.60. The second kappa shape index (κ2) is 7.37. The van der Waals surface area contributed by atoms with E-state index in [2.05, 4.69) is 17.0 Å². The molecule has 0 unspecified atom stereocenters. The predicted octanol–water partition coefficient (Wildman–Crippen LogP) is 4.28. The summed E-state index contributed by atoms with van der Waals surface area (Å²) in [6, 6.07) is 17.2. The van der Waals surface area contributed by atoms with Crippen LogP contribution in [0.2, 0.25) is 5.02 Å². The van der Waals surface area contributed by atoms with Gasteiger partial charge >= 0.3 is 0 Å². The number of rotatable bonds is 3. The van der Waals surface area contributed by atoms with Gasteiger partial charge in [-0.3, -0.25) is 0 Å². The summed E-state index contributed by atoms with van der Waals surface area (Å²) in [5.41, 5.74) is 2.61. The minimum Gasteiger partial charge on any atom is -0.390 e. The predicted molar refractivity (Wildman–Crippen MR) is 82.7 cm³/mol. The van der Waals surface area contributed by atoms with E-state index in [1.54, 1.807) is 0 Å². The normalized spacial score (nSPS) is 10.6. The standard InChI is InChI=1S/C17H14ClNO/c1-14(7-8-15-9-11-17(18)12-10-15)19-20-13-16-5-3-2-4-6-16/h2-6,9-12H,13H2,1H3. The Hall–Kier alpha value is -2.24. The molecule has 0 fully saturated rings. The monoisotopic (exact) mass is 283 g/mol. The molecule has 2 aromatic rings. The van der Waals surface area contributed by atoms with Crippen molar-refractivity contribution in [3.8, 4) is 11.8 Å². The zero-order valence-corrected chi connectivity index (χ0v) is 11.9. The molecule has 0 aliphatic rings. The van der Waals surface area contributed by atoms with Crippen molar-refractivity contribution in [2.45, 2.75) is 13.5 Å². The van der Waals surface area contributed by atoms with Crippen molar-refractivity contribution in [1.29, 1.82) is 0 Å². The second-order valence-electron chi connectivity index (χ2n) is 4.19. The molecule has 20 heavy (non-hydrogen) atoms. The Kier molecular flexibility index (Phi) is 5.23. The van der Waals surface area contributed by atoms with Crippen LogP contribution < -0.4 is 0 Å². The summed E-state index contributed by atoms with van der Waals surface area (Å²) < 4.78 is 0. The first-order chi connectivity index (χ1) is 9.74. The van der Waals surface area contributed by atoms with Gasteiger partial charge in [-0.15, -0.1) is 0 Å². The second-order valence-corrected chi connectivity index (χ2v) is 4.63. The molecular formula is C17H14ClNO. The van der Waals surface area contributed by atoms with Crippen molar-refractivity contribution >= 4 is 17.3 Å². The Bertz CT molecular complexity index is 636. The van der Waals surface area contributed by atoms with Crippen LogP contribution in [0.25, 0.3) is 0 Å². The van der Waals surface area contributed by atoms with Gasteiger partial charge in [0.15, 0.2) is 0 Å². The summed E-state index contributed by atoms with van der Waals surface area (Å²) >= 11 is 5.81. The van der Waals surface area contributed by atoms with E-state index in [0.717, 1.165) is 11.1 Å². The third kappa shape index (κ3) is 4.79. The maximum absolute atomic E-state index is 5.81. The Morgan fingerprint density at radius 3 is 2.50 bits per heavy atom. The van der Waals surface area contributed by atoms with Crippen LogP contribution >= 0.6 is 11.6 Å². The summed E-state index contributed by atoms with van der Waals surface area (Å²) in [4.78, 5) is 5.25. The number of halogens is 1. The van der Waals surface area contributed by atoms with E-state index in [9.17, 15) is 0 Å². The van der Waals surface area contributed by atoms with Gasteiger partial charge in [0.1, 0.15) is 12.3 Å². The summed E-state index contributed by atoms with van der Waals surface area (Å²) in [7, 11) is 0. The van der Waals surface area contributed by atoms with Crippen LogP contribution in [0, 0.1) is 11.8 Å². The summed E-state index contributed by atoms with van der Waals surface area (Å²) in [5, 5.41) is 4.67. The molecule has 100 valence electrons. The first-order valence-electron chi connectivity index (χ1n) is 6.22. The molecule has 0 aliphatic heterocycles. The molecule has 0 bridgehead atoms. The molecule has 2 rings (SSSR count). The van der Waals surface area contributed by atoms with Crippen LogP contribution in [0.1, 0.15) is 18.1 Å². The highest BCUT2D eigenvalue weighted by Crippen LogP contribution is 2.08. The average molecular weight is 284 g/mol. The van der Waals surface area contributed by atoms with Crippen molar-refractivity contribution < 1.29 is 4.84 Å². The number of hydrogen-bond donors (Lipinski definition) is 0. The number of benzene rings is 2. The van der Waals surface area contributed by atoms with E-state index in [1.807, 2.05) is 61.5 Å². The minimum atomic E-state index is 0.445. The molecule has 0 spiro atoms. The molecule has 2 nitrogen and oxygen atoms in total. The van der Waals surface area contributed by atoms with Crippen LogP contribution in [0.4, 0.5) is 0 Å². The molecule has 0 amide bonds. The molecule has 2 aromatic carbocycles. The summed E-state index contributed by atoms with van der Waals surface area (Å²) in [6.07, 6.45) is 0. The SMILES string of the molecule is CC(C#Cc1ccc(Cl)cc1)=NOCc1ccccc1. The molecular weight excluding hydrogens is 270 g/mol. The lowest BCUT2D eigenvalue weighted by molar-refractivity contribution is 0.131. The van der Waals surface area contributed by atoms with Crippen molar-refractivity contribution in [3.63, 3.8) is 0 Å². The van der Waals surface area contributed by atoms with Crippen LogP contribution in [-0.2, 0) is 11.4 Å². The number of nitrogens with zero attached hydrogens (tertiary/aromatic N) is 1. The van der Waals surface area contributed by atoms with Crippen molar-refractivity contribution in [3.05, 3.63) is 70.7 Å². The van der Waals surface area contributed by atoms with E-state index in [1.165, 1.54) is 0 Å². The molecule has 0 saturated carbocycles. The molecule has 0 aliphatic carbocycles. The van der Waals surface area contributed by atoms with E-state index in [-0.39, 0.29) is 0 Å². The van der Waals surface area contributed by atoms with Gasteiger partial charge in [-0.2, -0.15) is 0 Å². The largest absolute Gasteiger partial charge is 0.390 e. The van der Waals surface area contributed by atoms with Gasteiger partial charge in [-0.05, 0) is 42.7 Å². The topological polar surface area (TPSA) is 21.6 Å². The van der Waals surface area contributed by atoms with Crippen LogP contribution in [-0.4, -0.2) is 5.71 Å².